The van der Waals surface area contributed by atoms with Crippen LogP contribution in [0.4, 0.5) is 0 Å². The molecule has 1 aliphatic rings. The Balaban J connectivity index is 2.31. The van der Waals surface area contributed by atoms with Gasteiger partial charge in [0, 0.05) is 13.7 Å². The van der Waals surface area contributed by atoms with Crippen molar-refractivity contribution in [1.29, 1.82) is 0 Å². The van der Waals surface area contributed by atoms with Crippen molar-refractivity contribution < 1.29 is 19.4 Å². The van der Waals surface area contributed by atoms with Crippen molar-refractivity contribution in [3.63, 3.8) is 0 Å². The highest BCUT2D eigenvalue weighted by Gasteiger charge is 2.37. The fourth-order valence-electron chi connectivity index (χ4n) is 2.73. The average molecular weight is 258 g/mol. The van der Waals surface area contributed by atoms with Crippen LogP contribution in [0.2, 0.25) is 0 Å². The summed E-state index contributed by atoms with van der Waals surface area (Å²) in [6, 6.07) is 0. The maximum Gasteiger partial charge on any atom is 0.309 e. The zero-order valence-corrected chi connectivity index (χ0v) is 11.5. The average Bonchev–Trinajstić information content (AvgIpc) is 2.60. The van der Waals surface area contributed by atoms with E-state index in [0.717, 1.165) is 38.5 Å². The molecule has 0 atom stereocenters. The molecule has 0 heterocycles. The molecule has 0 amide bonds. The first kappa shape index (κ1) is 15.4. The van der Waals surface area contributed by atoms with E-state index in [1.165, 1.54) is 12.8 Å². The van der Waals surface area contributed by atoms with E-state index in [-0.39, 0.29) is 0 Å². The van der Waals surface area contributed by atoms with Crippen molar-refractivity contribution in [3.8, 4) is 0 Å². The molecule has 1 N–H and O–H groups in total. The molecule has 4 heteroatoms. The number of ether oxygens (including phenoxy) is 2. The van der Waals surface area contributed by atoms with Crippen LogP contribution < -0.4 is 0 Å². The summed E-state index contributed by atoms with van der Waals surface area (Å²) >= 11 is 0. The molecule has 0 aromatic rings. The maximum absolute atomic E-state index is 11.5. The predicted molar refractivity (Wildman–Crippen MR) is 69.7 cm³/mol. The lowest BCUT2D eigenvalue weighted by atomic mass is 9.76. The van der Waals surface area contributed by atoms with Gasteiger partial charge in [0.25, 0.3) is 0 Å². The molecule has 4 nitrogen and oxygen atoms in total. The van der Waals surface area contributed by atoms with Crippen molar-refractivity contribution >= 4 is 5.97 Å². The van der Waals surface area contributed by atoms with Crippen molar-refractivity contribution in [2.45, 2.75) is 51.4 Å². The van der Waals surface area contributed by atoms with Gasteiger partial charge in [0.1, 0.15) is 0 Å². The van der Waals surface area contributed by atoms with Crippen molar-refractivity contribution in [3.05, 3.63) is 0 Å². The second kappa shape index (κ2) is 8.48. The third-order valence-corrected chi connectivity index (χ3v) is 3.89. The van der Waals surface area contributed by atoms with Gasteiger partial charge in [-0.2, -0.15) is 0 Å². The largest absolute Gasteiger partial charge is 0.481 e. The minimum absolute atomic E-state index is 0.485. The molecule has 0 spiro atoms. The first-order chi connectivity index (χ1) is 8.71. The maximum atomic E-state index is 11.5. The van der Waals surface area contributed by atoms with Gasteiger partial charge in [-0.05, 0) is 25.7 Å². The molecule has 0 saturated heterocycles. The second-order valence-corrected chi connectivity index (χ2v) is 5.21. The zero-order valence-electron chi connectivity index (χ0n) is 11.5. The lowest BCUT2D eigenvalue weighted by molar-refractivity contribution is -0.150. The Kier molecular flexibility index (Phi) is 7.28. The van der Waals surface area contributed by atoms with Gasteiger partial charge in [-0.25, -0.2) is 0 Å². The normalized spacial score (nSPS) is 19.4. The number of methoxy groups -OCH3 is 1. The van der Waals surface area contributed by atoms with E-state index in [9.17, 15) is 9.90 Å². The molecule has 1 rings (SSSR count). The number of rotatable bonds is 8. The highest BCUT2D eigenvalue weighted by Crippen LogP contribution is 2.39. The van der Waals surface area contributed by atoms with Gasteiger partial charge in [0.05, 0.1) is 18.6 Å². The van der Waals surface area contributed by atoms with Crippen LogP contribution in [0.15, 0.2) is 0 Å². The number of aliphatic carboxylic acids is 1. The minimum atomic E-state index is -0.610. The Labute approximate surface area is 110 Å². The summed E-state index contributed by atoms with van der Waals surface area (Å²) < 4.78 is 10.3. The van der Waals surface area contributed by atoms with Gasteiger partial charge >= 0.3 is 5.97 Å². The van der Waals surface area contributed by atoms with E-state index in [1.54, 1.807) is 7.11 Å². The molecule has 1 fully saturated rings. The smallest absolute Gasteiger partial charge is 0.309 e. The molecule has 1 aliphatic carbocycles. The summed E-state index contributed by atoms with van der Waals surface area (Å²) in [5, 5.41) is 9.49. The molecule has 0 bridgehead atoms. The van der Waals surface area contributed by atoms with E-state index in [1.807, 2.05) is 0 Å². The van der Waals surface area contributed by atoms with Crippen LogP contribution in [0.1, 0.15) is 51.4 Å². The second-order valence-electron chi connectivity index (χ2n) is 5.21. The fraction of sp³-hybridized carbons (Fsp3) is 0.929. The van der Waals surface area contributed by atoms with Crippen molar-refractivity contribution in [2.24, 2.45) is 5.41 Å². The zero-order chi connectivity index (χ0) is 13.3. The van der Waals surface area contributed by atoms with Gasteiger partial charge in [-0.15, -0.1) is 0 Å². The Bertz CT molecular complexity index is 232. The Hall–Kier alpha value is -0.610. The van der Waals surface area contributed by atoms with Crippen LogP contribution in [0.25, 0.3) is 0 Å². The number of hydrogen-bond acceptors (Lipinski definition) is 3. The molecule has 0 aromatic carbocycles. The van der Waals surface area contributed by atoms with E-state index in [2.05, 4.69) is 0 Å². The quantitative estimate of drug-likeness (QED) is 0.537. The summed E-state index contributed by atoms with van der Waals surface area (Å²) in [7, 11) is 1.65. The molecular weight excluding hydrogens is 232 g/mol. The fourth-order valence-corrected chi connectivity index (χ4v) is 2.73. The SMILES string of the molecule is COCCOCCCC1(C(=O)O)CCCCCC1. The van der Waals surface area contributed by atoms with Crippen LogP contribution in [-0.4, -0.2) is 38.0 Å². The monoisotopic (exact) mass is 258 g/mol. The lowest BCUT2D eigenvalue weighted by Crippen LogP contribution is -2.30. The van der Waals surface area contributed by atoms with E-state index >= 15 is 0 Å². The Morgan fingerprint density at radius 1 is 1.11 bits per heavy atom. The van der Waals surface area contributed by atoms with Crippen molar-refractivity contribution in [2.75, 3.05) is 26.9 Å². The Morgan fingerprint density at radius 2 is 1.78 bits per heavy atom. The van der Waals surface area contributed by atoms with Crippen molar-refractivity contribution in [1.82, 2.24) is 0 Å². The third kappa shape index (κ3) is 4.94. The van der Waals surface area contributed by atoms with Gasteiger partial charge in [0.2, 0.25) is 0 Å². The van der Waals surface area contributed by atoms with Crippen LogP contribution in [0.5, 0.6) is 0 Å². The number of hydrogen-bond donors (Lipinski definition) is 1. The van der Waals surface area contributed by atoms with Gasteiger partial charge in [-0.3, -0.25) is 4.79 Å². The summed E-state index contributed by atoms with van der Waals surface area (Å²) in [6.07, 6.45) is 7.71. The first-order valence-electron chi connectivity index (χ1n) is 7.01. The first-order valence-corrected chi connectivity index (χ1v) is 7.01. The topological polar surface area (TPSA) is 55.8 Å². The molecule has 0 aliphatic heterocycles. The summed E-state index contributed by atoms with van der Waals surface area (Å²) in [5.74, 6) is -0.610. The summed E-state index contributed by atoms with van der Waals surface area (Å²) in [6.45, 7) is 1.83. The standard InChI is InChI=1S/C14H26O4/c1-17-11-12-18-10-6-9-14(13(15)16)7-4-2-3-5-8-14/h2-12H2,1H3,(H,15,16). The molecule has 0 aromatic heterocycles. The summed E-state index contributed by atoms with van der Waals surface area (Å²) in [4.78, 5) is 11.5. The predicted octanol–water partition coefficient (Wildman–Crippen LogP) is 2.85. The van der Waals surface area contributed by atoms with Gasteiger partial charge in [-0.1, -0.05) is 25.7 Å². The molecule has 106 valence electrons. The van der Waals surface area contributed by atoms with E-state index in [4.69, 9.17) is 9.47 Å². The van der Waals surface area contributed by atoms with Crippen LogP contribution >= 0.6 is 0 Å². The lowest BCUT2D eigenvalue weighted by Gasteiger charge is -2.27. The highest BCUT2D eigenvalue weighted by molar-refractivity contribution is 5.74. The van der Waals surface area contributed by atoms with E-state index in [0.29, 0.717) is 19.8 Å². The van der Waals surface area contributed by atoms with Gasteiger partial charge < -0.3 is 14.6 Å². The molecule has 0 radical (unpaired) electrons. The molecule has 0 unspecified atom stereocenters. The minimum Gasteiger partial charge on any atom is -0.481 e. The molecule has 1 saturated carbocycles. The van der Waals surface area contributed by atoms with Gasteiger partial charge in [0.15, 0.2) is 0 Å². The number of carboxylic acid groups (broad SMARTS) is 1. The summed E-state index contributed by atoms with van der Waals surface area (Å²) in [5.41, 5.74) is -0.485. The Morgan fingerprint density at radius 3 is 2.33 bits per heavy atom. The third-order valence-electron chi connectivity index (χ3n) is 3.89. The van der Waals surface area contributed by atoms with Crippen LogP contribution in [0, 0.1) is 5.41 Å². The highest BCUT2D eigenvalue weighted by atomic mass is 16.5. The number of carboxylic acids is 1. The molecule has 18 heavy (non-hydrogen) atoms. The van der Waals surface area contributed by atoms with E-state index < -0.39 is 11.4 Å². The van der Waals surface area contributed by atoms with Crippen LogP contribution in [0.3, 0.4) is 0 Å². The number of carbonyl (C=O) groups is 1. The molecular formula is C14H26O4. The van der Waals surface area contributed by atoms with Crippen LogP contribution in [-0.2, 0) is 14.3 Å².